The summed E-state index contributed by atoms with van der Waals surface area (Å²) in [7, 11) is 1.55. The van der Waals surface area contributed by atoms with Crippen molar-refractivity contribution < 1.29 is 19.1 Å². The van der Waals surface area contributed by atoms with Crippen molar-refractivity contribution in [1.29, 1.82) is 0 Å². The van der Waals surface area contributed by atoms with Crippen LogP contribution in [0.4, 0.5) is 5.69 Å². The Morgan fingerprint density at radius 3 is 2.59 bits per heavy atom. The summed E-state index contributed by atoms with van der Waals surface area (Å²) in [4.78, 5) is 42.6. The predicted octanol–water partition coefficient (Wildman–Crippen LogP) is 4.43. The smallest absolute Gasteiger partial charge is 0.264 e. The Balaban J connectivity index is 1.60. The van der Waals surface area contributed by atoms with Crippen molar-refractivity contribution in [3.05, 3.63) is 81.5 Å². The van der Waals surface area contributed by atoms with Gasteiger partial charge in [-0.15, -0.1) is 11.3 Å². The number of thiophene rings is 1. The number of rotatable bonds is 7. The van der Waals surface area contributed by atoms with Crippen molar-refractivity contribution in [3.8, 4) is 5.75 Å². The van der Waals surface area contributed by atoms with E-state index in [9.17, 15) is 14.4 Å². The number of carbonyl (C=O) groups is 3. The van der Waals surface area contributed by atoms with Crippen molar-refractivity contribution in [2.75, 3.05) is 18.6 Å². The maximum absolute atomic E-state index is 13.3. The van der Waals surface area contributed by atoms with E-state index in [1.807, 2.05) is 23.6 Å². The first-order valence-corrected chi connectivity index (χ1v) is 11.3. The molecule has 6 nitrogen and oxygen atoms in total. The number of hydrogen-bond acceptors (Lipinski definition) is 5. The maximum atomic E-state index is 13.3. The molecule has 8 heteroatoms. The predicted molar refractivity (Wildman–Crippen MR) is 124 cm³/mol. The molecule has 0 aliphatic carbocycles. The van der Waals surface area contributed by atoms with E-state index >= 15 is 0 Å². The molecule has 164 valence electrons. The molecule has 4 rings (SSSR count). The fourth-order valence-corrected chi connectivity index (χ4v) is 4.64. The molecular formula is C24H21ClN2O4S. The quantitative estimate of drug-likeness (QED) is 0.481. The lowest BCUT2D eigenvalue weighted by Gasteiger charge is -2.27. The van der Waals surface area contributed by atoms with Crippen LogP contribution < -0.4 is 9.64 Å². The minimum absolute atomic E-state index is 0.0580. The van der Waals surface area contributed by atoms with Crippen LogP contribution in [0.25, 0.3) is 0 Å². The second-order valence-electron chi connectivity index (χ2n) is 7.34. The van der Waals surface area contributed by atoms with Gasteiger partial charge in [0, 0.05) is 11.6 Å². The number of hydrogen-bond donors (Lipinski definition) is 0. The lowest BCUT2D eigenvalue weighted by Crippen LogP contribution is -2.46. The average Bonchev–Trinajstić information content (AvgIpc) is 3.43. The third-order valence-electron chi connectivity index (χ3n) is 5.35. The van der Waals surface area contributed by atoms with E-state index in [2.05, 4.69) is 0 Å². The van der Waals surface area contributed by atoms with Crippen LogP contribution in [0.5, 0.6) is 5.75 Å². The Kier molecular flexibility index (Phi) is 6.58. The molecule has 0 spiro atoms. The number of methoxy groups -OCH3 is 1. The van der Waals surface area contributed by atoms with Gasteiger partial charge in [-0.1, -0.05) is 29.8 Å². The number of carbonyl (C=O) groups excluding carboxylic acids is 3. The molecule has 0 N–H and O–H groups in total. The van der Waals surface area contributed by atoms with Gasteiger partial charge in [-0.05, 0) is 59.8 Å². The molecule has 0 radical (unpaired) electrons. The first kappa shape index (κ1) is 22.0. The lowest BCUT2D eigenvalue weighted by molar-refractivity contribution is -0.122. The van der Waals surface area contributed by atoms with Gasteiger partial charge in [0.1, 0.15) is 11.8 Å². The molecule has 0 bridgehead atoms. The van der Waals surface area contributed by atoms with Crippen molar-refractivity contribution >= 4 is 46.3 Å². The largest absolute Gasteiger partial charge is 0.497 e. The van der Waals surface area contributed by atoms with Crippen LogP contribution in [0.2, 0.25) is 5.02 Å². The third-order valence-corrected chi connectivity index (χ3v) is 6.45. The monoisotopic (exact) mass is 468 g/mol. The van der Waals surface area contributed by atoms with Gasteiger partial charge in [-0.25, -0.2) is 4.90 Å². The van der Waals surface area contributed by atoms with Gasteiger partial charge >= 0.3 is 0 Å². The molecule has 1 aromatic heterocycles. The van der Waals surface area contributed by atoms with Crippen LogP contribution >= 0.6 is 22.9 Å². The molecule has 0 saturated carbocycles. The highest BCUT2D eigenvalue weighted by molar-refractivity contribution is 7.12. The van der Waals surface area contributed by atoms with Crippen LogP contribution in [-0.2, 0) is 16.0 Å². The number of ether oxygens (including phenoxy) is 1. The molecule has 3 aromatic rings. The van der Waals surface area contributed by atoms with Gasteiger partial charge in [0.25, 0.3) is 11.8 Å². The minimum Gasteiger partial charge on any atom is -0.497 e. The van der Waals surface area contributed by atoms with Gasteiger partial charge in [-0.2, -0.15) is 0 Å². The van der Waals surface area contributed by atoms with Crippen LogP contribution in [0.1, 0.15) is 21.7 Å². The summed E-state index contributed by atoms with van der Waals surface area (Å²) in [6.45, 7) is 0.289. The summed E-state index contributed by atoms with van der Waals surface area (Å²) in [5.41, 5.74) is 1.41. The minimum atomic E-state index is -0.863. The van der Waals surface area contributed by atoms with Crippen molar-refractivity contribution in [2.24, 2.45) is 0 Å². The first-order chi connectivity index (χ1) is 15.5. The van der Waals surface area contributed by atoms with Crippen LogP contribution in [0.15, 0.2) is 66.0 Å². The van der Waals surface area contributed by atoms with E-state index in [1.165, 1.54) is 16.2 Å². The first-order valence-electron chi connectivity index (χ1n) is 10.1. The molecule has 1 atom stereocenters. The van der Waals surface area contributed by atoms with Gasteiger partial charge in [-0.3, -0.25) is 14.4 Å². The number of imide groups is 1. The normalized spacial score (nSPS) is 15.8. The van der Waals surface area contributed by atoms with E-state index in [-0.39, 0.29) is 24.8 Å². The summed E-state index contributed by atoms with van der Waals surface area (Å²) in [6.07, 6.45) is 0.454. The highest BCUT2D eigenvalue weighted by atomic mass is 35.5. The van der Waals surface area contributed by atoms with E-state index < -0.39 is 11.9 Å². The fourth-order valence-electron chi connectivity index (χ4n) is 3.74. The Labute approximate surface area is 195 Å². The molecule has 3 amide bonds. The van der Waals surface area contributed by atoms with Gasteiger partial charge in [0.2, 0.25) is 5.91 Å². The number of benzene rings is 2. The molecule has 1 unspecified atom stereocenters. The Bertz CT molecular complexity index is 1130. The number of anilines is 1. The summed E-state index contributed by atoms with van der Waals surface area (Å²) < 4.78 is 5.15. The summed E-state index contributed by atoms with van der Waals surface area (Å²) in [6, 6.07) is 16.7. The molecular weight excluding hydrogens is 448 g/mol. The molecule has 1 aliphatic rings. The van der Waals surface area contributed by atoms with Gasteiger partial charge in [0.15, 0.2) is 0 Å². The van der Waals surface area contributed by atoms with Gasteiger partial charge in [0.05, 0.1) is 24.1 Å². The van der Waals surface area contributed by atoms with Crippen molar-refractivity contribution in [3.63, 3.8) is 0 Å². The van der Waals surface area contributed by atoms with Gasteiger partial charge < -0.3 is 9.64 Å². The summed E-state index contributed by atoms with van der Waals surface area (Å²) >= 11 is 7.40. The Morgan fingerprint density at radius 1 is 1.16 bits per heavy atom. The topological polar surface area (TPSA) is 66.9 Å². The number of amides is 3. The highest BCUT2D eigenvalue weighted by Gasteiger charge is 2.44. The van der Waals surface area contributed by atoms with Crippen LogP contribution in [0, 0.1) is 0 Å². The molecule has 32 heavy (non-hydrogen) atoms. The third kappa shape index (κ3) is 4.54. The number of nitrogens with zero attached hydrogens (tertiary/aromatic N) is 2. The maximum Gasteiger partial charge on any atom is 0.264 e. The zero-order valence-corrected chi connectivity index (χ0v) is 18.9. The van der Waals surface area contributed by atoms with Crippen LogP contribution in [-0.4, -0.2) is 42.3 Å². The molecule has 1 aliphatic heterocycles. The zero-order valence-electron chi connectivity index (χ0n) is 17.4. The summed E-state index contributed by atoms with van der Waals surface area (Å²) in [5.74, 6) is -0.377. The van der Waals surface area contributed by atoms with Crippen LogP contribution in [0.3, 0.4) is 0 Å². The van der Waals surface area contributed by atoms with Crippen molar-refractivity contribution in [1.82, 2.24) is 4.90 Å². The van der Waals surface area contributed by atoms with E-state index in [1.54, 1.807) is 49.6 Å². The van der Waals surface area contributed by atoms with E-state index in [0.717, 1.165) is 10.5 Å². The molecule has 1 fully saturated rings. The Morgan fingerprint density at radius 2 is 1.94 bits per heavy atom. The molecule has 2 aromatic carbocycles. The lowest BCUT2D eigenvalue weighted by atomic mass is 10.1. The second kappa shape index (κ2) is 9.54. The second-order valence-corrected chi connectivity index (χ2v) is 8.73. The average molecular weight is 469 g/mol. The van der Waals surface area contributed by atoms with E-state index in [0.29, 0.717) is 27.8 Å². The highest BCUT2D eigenvalue weighted by Crippen LogP contribution is 2.29. The standard InChI is InChI=1S/C24H21ClN2O4S/c1-31-19-9-7-18(8-10-19)27-22(28)15-20(23(27)29)26(24(30)21-6-3-13-32-21)12-11-16-4-2-5-17(25)14-16/h2-10,13-14,20H,11-12,15H2,1H3. The fraction of sp³-hybridized carbons (Fsp3) is 0.208. The zero-order chi connectivity index (χ0) is 22.7. The summed E-state index contributed by atoms with van der Waals surface area (Å²) in [5, 5.41) is 2.42. The number of halogens is 1. The Hall–Kier alpha value is -3.16. The van der Waals surface area contributed by atoms with Crippen molar-refractivity contribution in [2.45, 2.75) is 18.9 Å². The molecule has 1 saturated heterocycles. The SMILES string of the molecule is COc1ccc(N2C(=O)CC(N(CCc3cccc(Cl)c3)C(=O)c3cccs3)C2=O)cc1. The molecule has 2 heterocycles. The van der Waals surface area contributed by atoms with E-state index in [4.69, 9.17) is 16.3 Å².